The van der Waals surface area contributed by atoms with Gasteiger partial charge in [-0.15, -0.1) is 0 Å². The molecule has 1 saturated heterocycles. The molecule has 0 saturated carbocycles. The van der Waals surface area contributed by atoms with Crippen LogP contribution in [0, 0.1) is 11.6 Å². The van der Waals surface area contributed by atoms with E-state index in [1.807, 2.05) is 13.8 Å². The Hall–Kier alpha value is -1.00. The molecule has 0 aromatic heterocycles. The summed E-state index contributed by atoms with van der Waals surface area (Å²) in [6.07, 6.45) is 0. The molecule has 0 aliphatic carbocycles. The summed E-state index contributed by atoms with van der Waals surface area (Å²) in [6.45, 7) is 12.7. The van der Waals surface area contributed by atoms with Crippen LogP contribution in [0.2, 0.25) is 0 Å². The quantitative estimate of drug-likeness (QED) is 0.838. The summed E-state index contributed by atoms with van der Waals surface area (Å²) >= 11 is 0. The molecule has 2 nitrogen and oxygen atoms in total. The number of piperazine rings is 1. The first-order valence-corrected chi connectivity index (χ1v) is 7.47. The van der Waals surface area contributed by atoms with E-state index in [1.165, 1.54) is 0 Å². The van der Waals surface area contributed by atoms with Crippen molar-refractivity contribution >= 4 is 0 Å². The van der Waals surface area contributed by atoms with Crippen LogP contribution in [0.1, 0.15) is 33.3 Å². The molecule has 0 amide bonds. The molecule has 1 aromatic rings. The molecule has 0 N–H and O–H groups in total. The van der Waals surface area contributed by atoms with Crippen molar-refractivity contribution in [1.29, 1.82) is 0 Å². The van der Waals surface area contributed by atoms with Crippen LogP contribution >= 0.6 is 0 Å². The van der Waals surface area contributed by atoms with Crippen LogP contribution in [-0.4, -0.2) is 42.0 Å². The Morgan fingerprint density at radius 1 is 1.05 bits per heavy atom. The van der Waals surface area contributed by atoms with E-state index in [4.69, 9.17) is 0 Å². The molecule has 4 heteroatoms. The molecular formula is C16H26F2N2. The zero-order valence-electron chi connectivity index (χ0n) is 13.0. The van der Waals surface area contributed by atoms with E-state index in [-0.39, 0.29) is 0 Å². The van der Waals surface area contributed by atoms with Gasteiger partial charge in [0.15, 0.2) is 11.6 Å². The van der Waals surface area contributed by atoms with Gasteiger partial charge in [-0.05, 0) is 19.9 Å². The Morgan fingerprint density at radius 3 is 2.20 bits per heavy atom. The van der Waals surface area contributed by atoms with E-state index in [0.717, 1.165) is 32.2 Å². The zero-order valence-corrected chi connectivity index (χ0v) is 13.0. The third-order valence-electron chi connectivity index (χ3n) is 3.56. The number of nitrogens with zero attached hydrogens (tertiary/aromatic N) is 2. The van der Waals surface area contributed by atoms with Crippen molar-refractivity contribution in [2.45, 2.75) is 40.3 Å². The van der Waals surface area contributed by atoms with E-state index >= 15 is 0 Å². The number of rotatable bonds is 3. The summed E-state index contributed by atoms with van der Waals surface area (Å²) in [7, 11) is 0. The van der Waals surface area contributed by atoms with Gasteiger partial charge in [0.2, 0.25) is 0 Å². The molecule has 0 bridgehead atoms. The van der Waals surface area contributed by atoms with E-state index in [9.17, 15) is 8.78 Å². The minimum atomic E-state index is -0.756. The van der Waals surface area contributed by atoms with Crippen molar-refractivity contribution in [3.05, 3.63) is 35.4 Å². The van der Waals surface area contributed by atoms with Crippen molar-refractivity contribution < 1.29 is 8.78 Å². The van der Waals surface area contributed by atoms with Gasteiger partial charge in [-0.3, -0.25) is 9.80 Å². The minimum absolute atomic E-state index is 0.452. The summed E-state index contributed by atoms with van der Waals surface area (Å²) in [4.78, 5) is 4.58. The van der Waals surface area contributed by atoms with Crippen LogP contribution in [-0.2, 0) is 6.54 Å². The number of hydrogen-bond acceptors (Lipinski definition) is 2. The summed E-state index contributed by atoms with van der Waals surface area (Å²) in [5.74, 6) is -1.46. The van der Waals surface area contributed by atoms with E-state index in [1.54, 1.807) is 12.1 Å². The normalized spacial score (nSPS) is 16.9. The molecule has 1 aliphatic heterocycles. The van der Waals surface area contributed by atoms with Crippen molar-refractivity contribution in [3.63, 3.8) is 0 Å². The highest BCUT2D eigenvalue weighted by Crippen LogP contribution is 2.15. The molecule has 1 aliphatic rings. The molecule has 2 rings (SSSR count). The van der Waals surface area contributed by atoms with Gasteiger partial charge in [0.25, 0.3) is 0 Å². The third kappa shape index (κ3) is 4.53. The monoisotopic (exact) mass is 284 g/mol. The maximum atomic E-state index is 13.5. The van der Waals surface area contributed by atoms with Crippen LogP contribution in [0.25, 0.3) is 0 Å². The second-order valence-corrected chi connectivity index (χ2v) is 5.12. The summed E-state index contributed by atoms with van der Waals surface area (Å²) in [6, 6.07) is 4.94. The van der Waals surface area contributed by atoms with Crippen LogP contribution in [0.15, 0.2) is 18.2 Å². The van der Waals surface area contributed by atoms with Gasteiger partial charge in [0.1, 0.15) is 0 Å². The summed E-state index contributed by atoms with van der Waals surface area (Å²) in [5, 5.41) is 0. The SMILES string of the molecule is CC.CC(C)N1CCN(Cc2cccc(F)c2F)CC1. The molecule has 1 aromatic carbocycles. The van der Waals surface area contributed by atoms with Crippen molar-refractivity contribution in [3.8, 4) is 0 Å². The van der Waals surface area contributed by atoms with Crippen molar-refractivity contribution in [2.75, 3.05) is 26.2 Å². The molecule has 0 unspecified atom stereocenters. The molecule has 0 spiro atoms. The topological polar surface area (TPSA) is 6.48 Å². The first kappa shape index (κ1) is 17.1. The minimum Gasteiger partial charge on any atom is -0.298 e. The highest BCUT2D eigenvalue weighted by atomic mass is 19.2. The predicted octanol–water partition coefficient (Wildman–Crippen LogP) is 3.52. The fraction of sp³-hybridized carbons (Fsp3) is 0.625. The maximum absolute atomic E-state index is 13.5. The van der Waals surface area contributed by atoms with Crippen molar-refractivity contribution in [1.82, 2.24) is 9.80 Å². The first-order chi connectivity index (χ1) is 9.58. The van der Waals surface area contributed by atoms with Crippen molar-refractivity contribution in [2.24, 2.45) is 0 Å². The van der Waals surface area contributed by atoms with Gasteiger partial charge in [-0.2, -0.15) is 0 Å². The number of halogens is 2. The predicted molar refractivity (Wildman–Crippen MR) is 79.7 cm³/mol. The lowest BCUT2D eigenvalue weighted by atomic mass is 10.1. The lowest BCUT2D eigenvalue weighted by Gasteiger charge is -2.36. The Bertz CT molecular complexity index is 399. The average Bonchev–Trinajstić information content (AvgIpc) is 2.46. The van der Waals surface area contributed by atoms with Gasteiger partial charge < -0.3 is 0 Å². The second-order valence-electron chi connectivity index (χ2n) is 5.12. The molecule has 20 heavy (non-hydrogen) atoms. The van der Waals surface area contributed by atoms with Crippen LogP contribution < -0.4 is 0 Å². The van der Waals surface area contributed by atoms with E-state index in [2.05, 4.69) is 23.6 Å². The third-order valence-corrected chi connectivity index (χ3v) is 3.56. The van der Waals surface area contributed by atoms with E-state index in [0.29, 0.717) is 18.2 Å². The Balaban J connectivity index is 0.000000956. The van der Waals surface area contributed by atoms with Gasteiger partial charge in [0.05, 0.1) is 0 Å². The molecular weight excluding hydrogens is 258 g/mol. The molecule has 0 atom stereocenters. The lowest BCUT2D eigenvalue weighted by molar-refractivity contribution is 0.103. The smallest absolute Gasteiger partial charge is 0.163 e. The van der Waals surface area contributed by atoms with Gasteiger partial charge in [0, 0.05) is 44.3 Å². The second kappa shape index (κ2) is 8.32. The van der Waals surface area contributed by atoms with Gasteiger partial charge in [-0.25, -0.2) is 8.78 Å². The summed E-state index contributed by atoms with van der Waals surface area (Å²) in [5.41, 5.74) is 0.452. The maximum Gasteiger partial charge on any atom is 0.163 e. The van der Waals surface area contributed by atoms with Gasteiger partial charge in [-0.1, -0.05) is 26.0 Å². The van der Waals surface area contributed by atoms with Gasteiger partial charge >= 0.3 is 0 Å². The zero-order chi connectivity index (χ0) is 15.1. The fourth-order valence-electron chi connectivity index (χ4n) is 2.35. The Kier molecular flexibility index (Phi) is 7.10. The Labute approximate surface area is 121 Å². The Morgan fingerprint density at radius 2 is 1.65 bits per heavy atom. The molecule has 1 fully saturated rings. The highest BCUT2D eigenvalue weighted by molar-refractivity contribution is 5.18. The molecule has 1 heterocycles. The van der Waals surface area contributed by atoms with Crippen LogP contribution in [0.4, 0.5) is 8.78 Å². The standard InChI is InChI=1S/C14H20F2N2.C2H6/c1-11(2)18-8-6-17(7-9-18)10-12-4-3-5-13(15)14(12)16;1-2/h3-5,11H,6-10H2,1-2H3;1-2H3. The van der Waals surface area contributed by atoms with E-state index < -0.39 is 11.6 Å². The number of benzene rings is 1. The lowest BCUT2D eigenvalue weighted by Crippen LogP contribution is -2.48. The summed E-state index contributed by atoms with van der Waals surface area (Å²) < 4.78 is 26.6. The first-order valence-electron chi connectivity index (χ1n) is 7.47. The highest BCUT2D eigenvalue weighted by Gasteiger charge is 2.20. The fourth-order valence-corrected chi connectivity index (χ4v) is 2.35. The van der Waals surface area contributed by atoms with Crippen LogP contribution in [0.3, 0.4) is 0 Å². The number of hydrogen-bond donors (Lipinski definition) is 0. The molecule has 0 radical (unpaired) electrons. The average molecular weight is 284 g/mol. The molecule has 114 valence electrons. The largest absolute Gasteiger partial charge is 0.298 e. The van der Waals surface area contributed by atoms with Crippen LogP contribution in [0.5, 0.6) is 0 Å².